The first kappa shape index (κ1) is 20.6. The van der Waals surface area contributed by atoms with E-state index in [2.05, 4.69) is 6.07 Å². The summed E-state index contributed by atoms with van der Waals surface area (Å²) in [4.78, 5) is 17.5. The first-order valence-corrected chi connectivity index (χ1v) is 12.8. The zero-order valence-corrected chi connectivity index (χ0v) is 18.7. The second-order valence-corrected chi connectivity index (χ2v) is 10.8. The van der Waals surface area contributed by atoms with E-state index >= 15 is 0 Å². The number of sulfonamides is 1. The van der Waals surface area contributed by atoms with E-state index in [-0.39, 0.29) is 5.91 Å². The summed E-state index contributed by atoms with van der Waals surface area (Å²) in [6.07, 6.45) is 6.51. The van der Waals surface area contributed by atoms with Crippen molar-refractivity contribution < 1.29 is 13.2 Å². The van der Waals surface area contributed by atoms with Crippen LogP contribution in [0.2, 0.25) is 0 Å². The van der Waals surface area contributed by atoms with Crippen molar-refractivity contribution in [3.8, 4) is 0 Å². The number of rotatable bonds is 5. The average molecular weight is 433 g/mol. The Hall–Kier alpha value is -1.70. The fourth-order valence-corrected chi connectivity index (χ4v) is 7.08. The number of aryl methyl sites for hydroxylation is 2. The first-order chi connectivity index (χ1) is 14.0. The molecule has 156 valence electrons. The maximum absolute atomic E-state index is 13.2. The molecule has 0 spiro atoms. The van der Waals surface area contributed by atoms with E-state index in [1.807, 2.05) is 18.7 Å². The van der Waals surface area contributed by atoms with Crippen LogP contribution in [0.5, 0.6) is 0 Å². The van der Waals surface area contributed by atoms with Gasteiger partial charge in [-0.3, -0.25) is 4.79 Å². The zero-order chi connectivity index (χ0) is 20.6. The molecule has 0 N–H and O–H groups in total. The summed E-state index contributed by atoms with van der Waals surface area (Å²) >= 11 is 1.64. The standard InChI is InChI=1S/C22H28N2O3S2/c1-3-23(4-2)29(26,27)18-10-11-19-16(14-18)12-13-24(19)22(25)21-15-17-8-6-5-7-9-20(17)28-21/h10-11,14-15H,3-9,12-13H2,1-2H3. The molecule has 0 radical (unpaired) electrons. The number of anilines is 1. The molecule has 2 aliphatic rings. The van der Waals surface area contributed by atoms with Gasteiger partial charge in [0, 0.05) is 30.2 Å². The SMILES string of the molecule is CCN(CC)S(=O)(=O)c1ccc2c(c1)CCN2C(=O)c1cc2c(s1)CCCCC2. The number of fused-ring (bicyclic) bond motifs is 2. The van der Waals surface area contributed by atoms with Crippen LogP contribution in [0.3, 0.4) is 0 Å². The van der Waals surface area contributed by atoms with E-state index in [0.29, 0.717) is 31.0 Å². The molecule has 29 heavy (non-hydrogen) atoms. The lowest BCUT2D eigenvalue weighted by molar-refractivity contribution is 0.0993. The Labute approximate surface area is 177 Å². The predicted molar refractivity (Wildman–Crippen MR) is 118 cm³/mol. The Morgan fingerprint density at radius 2 is 1.79 bits per heavy atom. The highest BCUT2D eigenvalue weighted by Crippen LogP contribution is 2.35. The lowest BCUT2D eigenvalue weighted by Gasteiger charge is -2.20. The van der Waals surface area contributed by atoms with Gasteiger partial charge < -0.3 is 4.90 Å². The van der Waals surface area contributed by atoms with Crippen molar-refractivity contribution in [1.29, 1.82) is 0 Å². The van der Waals surface area contributed by atoms with Crippen LogP contribution in [-0.4, -0.2) is 38.3 Å². The summed E-state index contributed by atoms with van der Waals surface area (Å²) < 4.78 is 27.1. The first-order valence-electron chi connectivity index (χ1n) is 10.5. The zero-order valence-electron chi connectivity index (χ0n) is 17.1. The van der Waals surface area contributed by atoms with E-state index < -0.39 is 10.0 Å². The molecule has 1 amide bonds. The molecule has 1 aromatic carbocycles. The van der Waals surface area contributed by atoms with E-state index in [1.165, 1.54) is 34.0 Å². The second kappa shape index (κ2) is 8.20. The van der Waals surface area contributed by atoms with Crippen LogP contribution in [-0.2, 0) is 29.3 Å². The molecule has 0 unspecified atom stereocenters. The van der Waals surface area contributed by atoms with Gasteiger partial charge in [-0.15, -0.1) is 11.3 Å². The average Bonchev–Trinajstić information content (AvgIpc) is 3.26. The van der Waals surface area contributed by atoms with Crippen LogP contribution in [0.4, 0.5) is 5.69 Å². The van der Waals surface area contributed by atoms with Crippen molar-refractivity contribution in [2.45, 2.75) is 57.3 Å². The van der Waals surface area contributed by atoms with Gasteiger partial charge in [-0.25, -0.2) is 8.42 Å². The molecule has 0 bridgehead atoms. The van der Waals surface area contributed by atoms with Crippen LogP contribution < -0.4 is 4.90 Å². The van der Waals surface area contributed by atoms with E-state index in [1.54, 1.807) is 29.5 Å². The van der Waals surface area contributed by atoms with Crippen LogP contribution in [0.1, 0.15) is 58.8 Å². The molecule has 1 aliphatic heterocycles. The van der Waals surface area contributed by atoms with Crippen LogP contribution in [0.15, 0.2) is 29.2 Å². The third kappa shape index (κ3) is 3.76. The molecule has 0 fully saturated rings. The van der Waals surface area contributed by atoms with Gasteiger partial charge in [0.2, 0.25) is 10.0 Å². The third-order valence-electron chi connectivity index (χ3n) is 5.99. The van der Waals surface area contributed by atoms with Crippen molar-refractivity contribution >= 4 is 33.0 Å². The molecule has 0 saturated heterocycles. The Kier molecular flexibility index (Phi) is 5.82. The molecule has 2 heterocycles. The Balaban J connectivity index is 1.60. The quantitative estimate of drug-likeness (QED) is 0.664. The molecule has 2 aromatic rings. The van der Waals surface area contributed by atoms with Gasteiger partial charge in [-0.2, -0.15) is 4.31 Å². The number of hydrogen-bond donors (Lipinski definition) is 0. The minimum atomic E-state index is -3.49. The number of hydrogen-bond acceptors (Lipinski definition) is 4. The minimum absolute atomic E-state index is 0.0428. The summed E-state index contributed by atoms with van der Waals surface area (Å²) in [5.41, 5.74) is 3.12. The highest BCUT2D eigenvalue weighted by Gasteiger charge is 2.30. The van der Waals surface area contributed by atoms with Gasteiger partial charge >= 0.3 is 0 Å². The van der Waals surface area contributed by atoms with Gasteiger partial charge in [-0.1, -0.05) is 20.3 Å². The highest BCUT2D eigenvalue weighted by atomic mass is 32.2. The van der Waals surface area contributed by atoms with Gasteiger partial charge in [0.05, 0.1) is 9.77 Å². The summed E-state index contributed by atoms with van der Waals surface area (Å²) in [7, 11) is -3.49. The van der Waals surface area contributed by atoms with Crippen molar-refractivity contribution in [2.24, 2.45) is 0 Å². The number of carbonyl (C=O) groups is 1. The molecular formula is C22H28N2O3S2. The number of benzene rings is 1. The topological polar surface area (TPSA) is 57.7 Å². The van der Waals surface area contributed by atoms with Gasteiger partial charge in [0.1, 0.15) is 0 Å². The van der Waals surface area contributed by atoms with E-state index in [0.717, 1.165) is 29.0 Å². The Morgan fingerprint density at radius 3 is 2.55 bits per heavy atom. The highest BCUT2D eigenvalue weighted by molar-refractivity contribution is 7.89. The van der Waals surface area contributed by atoms with Crippen LogP contribution in [0, 0.1) is 0 Å². The molecule has 5 nitrogen and oxygen atoms in total. The fraction of sp³-hybridized carbons (Fsp3) is 0.500. The maximum Gasteiger partial charge on any atom is 0.268 e. The summed E-state index contributed by atoms with van der Waals surface area (Å²) in [5.74, 6) is 0.0428. The van der Waals surface area contributed by atoms with Crippen molar-refractivity contribution in [3.05, 3.63) is 45.1 Å². The van der Waals surface area contributed by atoms with Crippen molar-refractivity contribution in [3.63, 3.8) is 0 Å². The third-order valence-corrected chi connectivity index (χ3v) is 9.26. The normalized spacial score (nSPS) is 16.6. The van der Waals surface area contributed by atoms with Gasteiger partial charge in [-0.05, 0) is 67.5 Å². The lowest BCUT2D eigenvalue weighted by atomic mass is 10.1. The number of thiophene rings is 1. The lowest BCUT2D eigenvalue weighted by Crippen LogP contribution is -2.30. The molecule has 1 aliphatic carbocycles. The molecule has 7 heteroatoms. The number of amides is 1. The summed E-state index contributed by atoms with van der Waals surface area (Å²) in [6.45, 7) is 5.19. The molecule has 0 saturated carbocycles. The monoisotopic (exact) mass is 432 g/mol. The van der Waals surface area contributed by atoms with E-state index in [9.17, 15) is 13.2 Å². The van der Waals surface area contributed by atoms with Gasteiger partial charge in [0.25, 0.3) is 5.91 Å². The van der Waals surface area contributed by atoms with Gasteiger partial charge in [0.15, 0.2) is 0 Å². The smallest absolute Gasteiger partial charge is 0.268 e. The summed E-state index contributed by atoms with van der Waals surface area (Å²) in [6, 6.07) is 7.28. The fourth-order valence-electron chi connectivity index (χ4n) is 4.37. The summed E-state index contributed by atoms with van der Waals surface area (Å²) in [5, 5.41) is 0. The predicted octanol–water partition coefficient (Wildman–Crippen LogP) is 4.25. The second-order valence-electron chi connectivity index (χ2n) is 7.71. The maximum atomic E-state index is 13.2. The minimum Gasteiger partial charge on any atom is -0.307 e. The molecule has 4 rings (SSSR count). The van der Waals surface area contributed by atoms with Crippen LogP contribution >= 0.6 is 11.3 Å². The van der Waals surface area contributed by atoms with E-state index in [4.69, 9.17) is 0 Å². The van der Waals surface area contributed by atoms with Crippen molar-refractivity contribution in [1.82, 2.24) is 4.31 Å². The van der Waals surface area contributed by atoms with Crippen molar-refractivity contribution in [2.75, 3.05) is 24.5 Å². The Bertz CT molecular complexity index is 999. The number of carbonyl (C=O) groups excluding carboxylic acids is 1. The van der Waals surface area contributed by atoms with Crippen LogP contribution in [0.25, 0.3) is 0 Å². The molecule has 0 atom stereocenters. The Morgan fingerprint density at radius 1 is 1.03 bits per heavy atom. The molecule has 1 aromatic heterocycles. The molecular weight excluding hydrogens is 404 g/mol. The number of nitrogens with zero attached hydrogens (tertiary/aromatic N) is 2. The largest absolute Gasteiger partial charge is 0.307 e.